The lowest BCUT2D eigenvalue weighted by atomic mass is 10.1. The Hall–Kier alpha value is -1.25. The maximum atomic E-state index is 13.0. The zero-order valence-corrected chi connectivity index (χ0v) is 19.3. The highest BCUT2D eigenvalue weighted by Crippen LogP contribution is 2.23. The van der Waals surface area contributed by atoms with Crippen LogP contribution in [0.15, 0.2) is 18.2 Å². The summed E-state index contributed by atoms with van der Waals surface area (Å²) < 4.78 is 10.8. The van der Waals surface area contributed by atoms with E-state index in [9.17, 15) is 9.59 Å². The van der Waals surface area contributed by atoms with Crippen LogP contribution in [-0.4, -0.2) is 80.4 Å². The van der Waals surface area contributed by atoms with Crippen molar-refractivity contribution >= 4 is 47.6 Å². The SMILES string of the molecule is COC(=O)N1CCN(C(=O)Cc2ccc(Cl)c(Cl)c2)C(COCC2CCCN2)C1.Cl. The van der Waals surface area contributed by atoms with Crippen LogP contribution in [0.2, 0.25) is 10.0 Å². The standard InChI is InChI=1S/C20H27Cl2N3O4.ClH/c1-28-20(27)24-7-8-25(16(11-24)13-29-12-15-3-2-6-23-15)19(26)10-14-4-5-17(21)18(22)9-14;/h4-5,9,15-16,23H,2-3,6-8,10-13H2,1H3;1H. The monoisotopic (exact) mass is 479 g/mol. The third kappa shape index (κ3) is 6.62. The first-order valence-electron chi connectivity index (χ1n) is 9.85. The van der Waals surface area contributed by atoms with Crippen molar-refractivity contribution in [1.29, 1.82) is 0 Å². The summed E-state index contributed by atoms with van der Waals surface area (Å²) in [5.41, 5.74) is 0.801. The van der Waals surface area contributed by atoms with Gasteiger partial charge in [-0.05, 0) is 37.1 Å². The van der Waals surface area contributed by atoms with E-state index < -0.39 is 0 Å². The largest absolute Gasteiger partial charge is 0.453 e. The molecular formula is C20H28Cl3N3O4. The Balaban J connectivity index is 0.00000320. The molecule has 2 aliphatic heterocycles. The van der Waals surface area contributed by atoms with Crippen LogP contribution < -0.4 is 5.32 Å². The lowest BCUT2D eigenvalue weighted by molar-refractivity contribution is -0.137. The molecule has 1 aromatic carbocycles. The number of rotatable bonds is 6. The smallest absolute Gasteiger partial charge is 0.409 e. The maximum Gasteiger partial charge on any atom is 0.409 e. The average molecular weight is 481 g/mol. The summed E-state index contributed by atoms with van der Waals surface area (Å²) in [6.45, 7) is 3.24. The van der Waals surface area contributed by atoms with Crippen LogP contribution in [0.25, 0.3) is 0 Å². The Morgan fingerprint density at radius 1 is 1.20 bits per heavy atom. The number of piperazine rings is 1. The van der Waals surface area contributed by atoms with Crippen molar-refractivity contribution < 1.29 is 19.1 Å². The fourth-order valence-corrected chi connectivity index (χ4v) is 4.11. The van der Waals surface area contributed by atoms with E-state index in [-0.39, 0.29) is 36.9 Å². The Kier molecular flexibility index (Phi) is 9.97. The van der Waals surface area contributed by atoms with Crippen LogP contribution in [0.1, 0.15) is 18.4 Å². The van der Waals surface area contributed by atoms with Gasteiger partial charge in [0, 0.05) is 25.7 Å². The molecule has 2 unspecified atom stereocenters. The fourth-order valence-electron chi connectivity index (χ4n) is 3.79. The second-order valence-corrected chi connectivity index (χ2v) is 8.23. The van der Waals surface area contributed by atoms with Crippen molar-refractivity contribution in [3.63, 3.8) is 0 Å². The number of nitrogens with zero attached hydrogens (tertiary/aromatic N) is 2. The second-order valence-electron chi connectivity index (χ2n) is 7.41. The summed E-state index contributed by atoms with van der Waals surface area (Å²) in [6.07, 6.45) is 2.08. The molecule has 0 saturated carbocycles. The quantitative estimate of drug-likeness (QED) is 0.678. The average Bonchev–Trinajstić information content (AvgIpc) is 3.23. The molecular weight excluding hydrogens is 453 g/mol. The van der Waals surface area contributed by atoms with Gasteiger partial charge < -0.3 is 24.6 Å². The third-order valence-corrected chi connectivity index (χ3v) is 6.11. The molecule has 0 bridgehead atoms. The van der Waals surface area contributed by atoms with Crippen molar-refractivity contribution in [1.82, 2.24) is 15.1 Å². The minimum Gasteiger partial charge on any atom is -0.453 e. The van der Waals surface area contributed by atoms with E-state index in [1.807, 2.05) is 0 Å². The predicted octanol–water partition coefficient (Wildman–Crippen LogP) is 3.01. The number of halogens is 3. The number of methoxy groups -OCH3 is 1. The molecule has 0 aromatic heterocycles. The first-order chi connectivity index (χ1) is 14.0. The van der Waals surface area contributed by atoms with Crippen molar-refractivity contribution in [3.8, 4) is 0 Å². The van der Waals surface area contributed by atoms with Gasteiger partial charge in [-0.2, -0.15) is 0 Å². The van der Waals surface area contributed by atoms with Crippen LogP contribution >= 0.6 is 35.6 Å². The molecule has 1 aromatic rings. The highest BCUT2D eigenvalue weighted by molar-refractivity contribution is 6.42. The number of amides is 2. The van der Waals surface area contributed by atoms with Gasteiger partial charge in [0.15, 0.2) is 0 Å². The van der Waals surface area contributed by atoms with Crippen LogP contribution in [0.4, 0.5) is 4.79 Å². The highest BCUT2D eigenvalue weighted by atomic mass is 35.5. The van der Waals surface area contributed by atoms with Crippen LogP contribution in [0.3, 0.4) is 0 Å². The second kappa shape index (κ2) is 12.0. The molecule has 10 heteroatoms. The molecule has 2 amide bonds. The number of benzene rings is 1. The lowest BCUT2D eigenvalue weighted by Crippen LogP contribution is -2.58. The van der Waals surface area contributed by atoms with E-state index in [0.717, 1.165) is 24.9 Å². The summed E-state index contributed by atoms with van der Waals surface area (Å²) in [4.78, 5) is 28.4. The molecule has 2 saturated heterocycles. The molecule has 0 radical (unpaired) electrons. The number of carbonyl (C=O) groups excluding carboxylic acids is 2. The van der Waals surface area contributed by atoms with Crippen molar-refractivity contribution in [2.24, 2.45) is 0 Å². The topological polar surface area (TPSA) is 71.1 Å². The Labute approximate surface area is 193 Å². The molecule has 1 N–H and O–H groups in total. The molecule has 2 atom stereocenters. The summed E-state index contributed by atoms with van der Waals surface area (Å²) in [6, 6.07) is 5.34. The summed E-state index contributed by atoms with van der Waals surface area (Å²) >= 11 is 12.0. The van der Waals surface area contributed by atoms with E-state index in [4.69, 9.17) is 32.7 Å². The predicted molar refractivity (Wildman–Crippen MR) is 119 cm³/mol. The summed E-state index contributed by atoms with van der Waals surface area (Å²) in [5, 5.41) is 4.28. The van der Waals surface area contributed by atoms with Gasteiger partial charge in [0.25, 0.3) is 0 Å². The highest BCUT2D eigenvalue weighted by Gasteiger charge is 2.33. The van der Waals surface area contributed by atoms with E-state index in [2.05, 4.69) is 5.32 Å². The number of nitrogens with one attached hydrogen (secondary N) is 1. The van der Waals surface area contributed by atoms with Gasteiger partial charge in [-0.15, -0.1) is 12.4 Å². The van der Waals surface area contributed by atoms with Gasteiger partial charge in [-0.3, -0.25) is 4.79 Å². The maximum absolute atomic E-state index is 13.0. The van der Waals surface area contributed by atoms with Gasteiger partial charge in [-0.25, -0.2) is 4.79 Å². The minimum atomic E-state index is -0.385. The number of ether oxygens (including phenoxy) is 2. The number of carbonyl (C=O) groups is 2. The Bertz CT molecular complexity index is 731. The van der Waals surface area contributed by atoms with Gasteiger partial charge >= 0.3 is 6.09 Å². The number of hydrogen-bond donors (Lipinski definition) is 1. The number of hydrogen-bond acceptors (Lipinski definition) is 5. The summed E-state index contributed by atoms with van der Waals surface area (Å²) in [7, 11) is 1.36. The normalized spacial score (nSPS) is 21.3. The molecule has 2 aliphatic rings. The first-order valence-corrected chi connectivity index (χ1v) is 10.6. The molecule has 2 heterocycles. The molecule has 7 nitrogen and oxygen atoms in total. The van der Waals surface area contributed by atoms with Gasteiger partial charge in [0.1, 0.15) is 0 Å². The van der Waals surface area contributed by atoms with E-state index in [1.54, 1.807) is 28.0 Å². The minimum absolute atomic E-state index is 0. The fraction of sp³-hybridized carbons (Fsp3) is 0.600. The molecule has 0 aliphatic carbocycles. The van der Waals surface area contributed by atoms with Crippen molar-refractivity contribution in [3.05, 3.63) is 33.8 Å². The van der Waals surface area contributed by atoms with Crippen molar-refractivity contribution in [2.75, 3.05) is 46.5 Å². The first kappa shape index (κ1) is 25.0. The molecule has 3 rings (SSSR count). The molecule has 30 heavy (non-hydrogen) atoms. The molecule has 0 spiro atoms. The Morgan fingerprint density at radius 2 is 2.00 bits per heavy atom. The van der Waals surface area contributed by atoms with E-state index >= 15 is 0 Å². The van der Waals surface area contributed by atoms with Crippen LogP contribution in [-0.2, 0) is 20.7 Å². The van der Waals surface area contributed by atoms with E-state index in [0.29, 0.717) is 48.9 Å². The third-order valence-electron chi connectivity index (χ3n) is 5.37. The van der Waals surface area contributed by atoms with Crippen LogP contribution in [0, 0.1) is 0 Å². The lowest BCUT2D eigenvalue weighted by Gasteiger charge is -2.40. The zero-order valence-electron chi connectivity index (χ0n) is 16.9. The van der Waals surface area contributed by atoms with Crippen LogP contribution in [0.5, 0.6) is 0 Å². The van der Waals surface area contributed by atoms with Gasteiger partial charge in [0.05, 0.1) is 42.8 Å². The Morgan fingerprint density at radius 3 is 2.67 bits per heavy atom. The molecule has 2 fully saturated rings. The van der Waals surface area contributed by atoms with Gasteiger partial charge in [0.2, 0.25) is 5.91 Å². The van der Waals surface area contributed by atoms with Crippen molar-refractivity contribution in [2.45, 2.75) is 31.3 Å². The zero-order chi connectivity index (χ0) is 20.8. The van der Waals surface area contributed by atoms with E-state index in [1.165, 1.54) is 7.11 Å². The molecule has 168 valence electrons. The van der Waals surface area contributed by atoms with Gasteiger partial charge in [-0.1, -0.05) is 29.3 Å². The summed E-state index contributed by atoms with van der Waals surface area (Å²) in [5.74, 6) is -0.0273.